The third kappa shape index (κ3) is 4.21. The Balaban J connectivity index is 1.96. The van der Waals surface area contributed by atoms with Crippen LogP contribution in [-0.4, -0.2) is 36.3 Å². The zero-order valence-electron chi connectivity index (χ0n) is 10.4. The summed E-state index contributed by atoms with van der Waals surface area (Å²) in [5.74, 6) is -0.0494. The number of amides is 2. The van der Waals surface area contributed by atoms with Gasteiger partial charge in [0.25, 0.3) is 0 Å². The molecule has 0 spiro atoms. The number of carbonyl (C=O) groups excluding carboxylic acids is 2. The van der Waals surface area contributed by atoms with E-state index in [0.29, 0.717) is 26.1 Å². The number of benzene rings is 1. The van der Waals surface area contributed by atoms with Crippen molar-refractivity contribution >= 4 is 33.8 Å². The second kappa shape index (κ2) is 6.52. The summed E-state index contributed by atoms with van der Waals surface area (Å²) in [6.07, 6.45) is 3.71. The van der Waals surface area contributed by atoms with Gasteiger partial charge in [0.15, 0.2) is 0 Å². The molecule has 19 heavy (non-hydrogen) atoms. The Morgan fingerprint density at radius 3 is 2.74 bits per heavy atom. The van der Waals surface area contributed by atoms with Crippen molar-refractivity contribution in [1.82, 2.24) is 10.2 Å². The van der Waals surface area contributed by atoms with E-state index in [4.69, 9.17) is 0 Å². The molecular formula is C14H15BrN2O2. The van der Waals surface area contributed by atoms with Crippen molar-refractivity contribution < 1.29 is 9.59 Å². The van der Waals surface area contributed by atoms with E-state index in [-0.39, 0.29) is 11.8 Å². The highest BCUT2D eigenvalue weighted by molar-refractivity contribution is 9.10. The molecule has 0 atom stereocenters. The van der Waals surface area contributed by atoms with Crippen molar-refractivity contribution in [3.05, 3.63) is 40.4 Å². The quantitative estimate of drug-likeness (QED) is 0.844. The Morgan fingerprint density at radius 2 is 2.00 bits per heavy atom. The first-order chi connectivity index (χ1) is 9.15. The van der Waals surface area contributed by atoms with Crippen LogP contribution < -0.4 is 5.32 Å². The first kappa shape index (κ1) is 13.8. The molecule has 1 fully saturated rings. The monoisotopic (exact) mass is 322 g/mol. The van der Waals surface area contributed by atoms with Crippen LogP contribution >= 0.6 is 15.9 Å². The van der Waals surface area contributed by atoms with E-state index in [1.807, 2.05) is 24.3 Å². The number of hydrogen-bond donors (Lipinski definition) is 1. The van der Waals surface area contributed by atoms with Gasteiger partial charge in [0.2, 0.25) is 11.8 Å². The van der Waals surface area contributed by atoms with Crippen LogP contribution in [0.3, 0.4) is 0 Å². The largest absolute Gasteiger partial charge is 0.354 e. The molecule has 2 amide bonds. The lowest BCUT2D eigenvalue weighted by atomic mass is 10.2. The fourth-order valence-corrected chi connectivity index (χ4v) is 2.10. The predicted molar refractivity (Wildman–Crippen MR) is 77.4 cm³/mol. The molecule has 0 bridgehead atoms. The van der Waals surface area contributed by atoms with E-state index in [1.54, 1.807) is 17.1 Å². The Morgan fingerprint density at radius 1 is 1.26 bits per heavy atom. The smallest absolute Gasteiger partial charge is 0.246 e. The maximum Gasteiger partial charge on any atom is 0.246 e. The van der Waals surface area contributed by atoms with Crippen molar-refractivity contribution in [3.63, 3.8) is 0 Å². The Bertz CT molecular complexity index is 497. The van der Waals surface area contributed by atoms with Crippen molar-refractivity contribution in [2.75, 3.05) is 19.6 Å². The van der Waals surface area contributed by atoms with E-state index in [1.165, 1.54) is 0 Å². The van der Waals surface area contributed by atoms with Crippen LogP contribution in [0.4, 0.5) is 0 Å². The van der Waals surface area contributed by atoms with Crippen LogP contribution in [0, 0.1) is 0 Å². The van der Waals surface area contributed by atoms with Gasteiger partial charge >= 0.3 is 0 Å². The Labute approximate surface area is 120 Å². The molecule has 0 radical (unpaired) electrons. The molecule has 2 rings (SSSR count). The minimum absolute atomic E-state index is 0.00666. The lowest BCUT2D eigenvalue weighted by Crippen LogP contribution is -2.32. The fraction of sp³-hybridized carbons (Fsp3) is 0.286. The van der Waals surface area contributed by atoms with Gasteiger partial charge in [-0.3, -0.25) is 9.59 Å². The average Bonchev–Trinajstić information content (AvgIpc) is 2.63. The second-order valence-corrected chi connectivity index (χ2v) is 5.23. The molecule has 1 heterocycles. The zero-order valence-corrected chi connectivity index (χ0v) is 12.0. The SMILES string of the molecule is O=C1CCN(C(=O)C=Cc2ccc(Br)cc2)CCN1. The van der Waals surface area contributed by atoms with E-state index >= 15 is 0 Å². The minimum Gasteiger partial charge on any atom is -0.354 e. The molecular weight excluding hydrogens is 308 g/mol. The number of nitrogens with one attached hydrogen (secondary N) is 1. The number of nitrogens with zero attached hydrogens (tertiary/aromatic N) is 1. The summed E-state index contributed by atoms with van der Waals surface area (Å²) in [7, 11) is 0. The van der Waals surface area contributed by atoms with Gasteiger partial charge in [0.1, 0.15) is 0 Å². The normalized spacial score (nSPS) is 16.3. The van der Waals surface area contributed by atoms with E-state index < -0.39 is 0 Å². The van der Waals surface area contributed by atoms with Crippen molar-refractivity contribution in [1.29, 1.82) is 0 Å². The number of carbonyl (C=O) groups is 2. The maximum atomic E-state index is 12.0. The summed E-state index contributed by atoms with van der Waals surface area (Å²) < 4.78 is 1.01. The van der Waals surface area contributed by atoms with Gasteiger partial charge in [-0.25, -0.2) is 0 Å². The molecule has 1 N–H and O–H groups in total. The highest BCUT2D eigenvalue weighted by Gasteiger charge is 2.16. The summed E-state index contributed by atoms with van der Waals surface area (Å²) in [5, 5.41) is 2.75. The Kier molecular flexibility index (Phi) is 4.74. The lowest BCUT2D eigenvalue weighted by Gasteiger charge is -2.17. The highest BCUT2D eigenvalue weighted by Crippen LogP contribution is 2.11. The minimum atomic E-state index is -0.0561. The van der Waals surface area contributed by atoms with Gasteiger partial charge in [-0.05, 0) is 23.8 Å². The molecule has 1 aromatic carbocycles. The van der Waals surface area contributed by atoms with E-state index in [9.17, 15) is 9.59 Å². The zero-order chi connectivity index (χ0) is 13.7. The summed E-state index contributed by atoms with van der Waals surface area (Å²) in [4.78, 5) is 24.9. The fourth-order valence-electron chi connectivity index (χ4n) is 1.83. The third-order valence-corrected chi connectivity index (χ3v) is 3.44. The molecule has 1 saturated heterocycles. The Hall–Kier alpha value is -1.62. The molecule has 4 nitrogen and oxygen atoms in total. The van der Waals surface area contributed by atoms with Gasteiger partial charge in [-0.2, -0.15) is 0 Å². The second-order valence-electron chi connectivity index (χ2n) is 4.31. The standard InChI is InChI=1S/C14H15BrN2O2/c15-12-4-1-11(2-5-12)3-6-14(19)17-9-7-13(18)16-8-10-17/h1-6H,7-10H2,(H,16,18). The van der Waals surface area contributed by atoms with Crippen LogP contribution in [-0.2, 0) is 9.59 Å². The summed E-state index contributed by atoms with van der Waals surface area (Å²) in [6.45, 7) is 1.57. The van der Waals surface area contributed by atoms with E-state index in [2.05, 4.69) is 21.2 Å². The van der Waals surface area contributed by atoms with Crippen LogP contribution in [0.25, 0.3) is 6.08 Å². The van der Waals surface area contributed by atoms with Crippen molar-refractivity contribution in [3.8, 4) is 0 Å². The molecule has 1 aliphatic rings. The van der Waals surface area contributed by atoms with Crippen LogP contribution in [0.2, 0.25) is 0 Å². The third-order valence-electron chi connectivity index (χ3n) is 2.91. The van der Waals surface area contributed by atoms with Crippen molar-refractivity contribution in [2.45, 2.75) is 6.42 Å². The lowest BCUT2D eigenvalue weighted by molar-refractivity contribution is -0.125. The average molecular weight is 323 g/mol. The van der Waals surface area contributed by atoms with Crippen LogP contribution in [0.1, 0.15) is 12.0 Å². The predicted octanol–water partition coefficient (Wildman–Crippen LogP) is 1.81. The summed E-state index contributed by atoms with van der Waals surface area (Å²) >= 11 is 3.36. The maximum absolute atomic E-state index is 12.0. The topological polar surface area (TPSA) is 49.4 Å². The first-order valence-electron chi connectivity index (χ1n) is 6.14. The number of rotatable bonds is 2. The highest BCUT2D eigenvalue weighted by atomic mass is 79.9. The molecule has 1 aromatic rings. The molecule has 100 valence electrons. The molecule has 0 aromatic heterocycles. The van der Waals surface area contributed by atoms with Gasteiger partial charge in [0, 0.05) is 36.6 Å². The molecule has 0 aliphatic carbocycles. The van der Waals surface area contributed by atoms with Crippen LogP contribution in [0.5, 0.6) is 0 Å². The van der Waals surface area contributed by atoms with Gasteiger partial charge in [-0.15, -0.1) is 0 Å². The first-order valence-corrected chi connectivity index (χ1v) is 6.94. The molecule has 5 heteroatoms. The number of hydrogen-bond acceptors (Lipinski definition) is 2. The molecule has 0 saturated carbocycles. The number of halogens is 1. The van der Waals surface area contributed by atoms with Gasteiger partial charge < -0.3 is 10.2 Å². The summed E-state index contributed by atoms with van der Waals surface area (Å²) in [6, 6.07) is 7.72. The van der Waals surface area contributed by atoms with Gasteiger partial charge in [-0.1, -0.05) is 28.1 Å². The van der Waals surface area contributed by atoms with Gasteiger partial charge in [0.05, 0.1) is 0 Å². The van der Waals surface area contributed by atoms with Crippen LogP contribution in [0.15, 0.2) is 34.8 Å². The van der Waals surface area contributed by atoms with Crippen molar-refractivity contribution in [2.24, 2.45) is 0 Å². The molecule has 0 unspecified atom stereocenters. The molecule has 1 aliphatic heterocycles. The van der Waals surface area contributed by atoms with E-state index in [0.717, 1.165) is 10.0 Å². The summed E-state index contributed by atoms with van der Waals surface area (Å²) in [5.41, 5.74) is 0.973.